The van der Waals surface area contributed by atoms with Crippen molar-refractivity contribution in [2.45, 2.75) is 52.7 Å². The fraction of sp³-hybridized carbons (Fsp3) is 0.833. The summed E-state index contributed by atoms with van der Waals surface area (Å²) < 4.78 is 2.01. The van der Waals surface area contributed by atoms with Crippen LogP contribution in [0.5, 0.6) is 0 Å². The lowest BCUT2D eigenvalue weighted by Crippen LogP contribution is -2.36. The highest BCUT2D eigenvalue weighted by Crippen LogP contribution is 2.05. The summed E-state index contributed by atoms with van der Waals surface area (Å²) in [6, 6.07) is 0. The van der Waals surface area contributed by atoms with E-state index < -0.39 is 0 Å². The number of hydrogen-bond acceptors (Lipinski definition) is 4. The Morgan fingerprint density at radius 1 is 1.41 bits per heavy atom. The summed E-state index contributed by atoms with van der Waals surface area (Å²) in [5.41, 5.74) is 0.120. The van der Waals surface area contributed by atoms with Crippen LogP contribution >= 0.6 is 11.8 Å². The molecule has 4 nitrogen and oxygen atoms in total. The van der Waals surface area contributed by atoms with Gasteiger partial charge in [-0.2, -0.15) is 16.9 Å². The Labute approximate surface area is 109 Å². The van der Waals surface area contributed by atoms with Crippen molar-refractivity contribution in [3.05, 3.63) is 12.2 Å². The molecular formula is C12H24N4S. The molecule has 0 aliphatic rings. The zero-order valence-corrected chi connectivity index (χ0v) is 12.2. The van der Waals surface area contributed by atoms with Crippen LogP contribution < -0.4 is 5.32 Å². The van der Waals surface area contributed by atoms with Crippen LogP contribution in [-0.4, -0.2) is 31.8 Å². The van der Waals surface area contributed by atoms with Crippen LogP contribution in [0.4, 0.5) is 0 Å². The van der Waals surface area contributed by atoms with Crippen molar-refractivity contribution in [1.82, 2.24) is 20.1 Å². The molecule has 0 bridgehead atoms. The molecule has 1 aromatic rings. The SMILES string of the molecule is CCSCCCn1ncnc1CNC(C)(C)C. The molecule has 5 heteroatoms. The van der Waals surface area contributed by atoms with Gasteiger partial charge < -0.3 is 5.32 Å². The third kappa shape index (κ3) is 6.07. The van der Waals surface area contributed by atoms with E-state index in [9.17, 15) is 0 Å². The van der Waals surface area contributed by atoms with Crippen LogP contribution in [0.15, 0.2) is 6.33 Å². The zero-order chi connectivity index (χ0) is 12.7. The van der Waals surface area contributed by atoms with E-state index in [0.717, 1.165) is 25.3 Å². The number of hydrogen-bond donors (Lipinski definition) is 1. The summed E-state index contributed by atoms with van der Waals surface area (Å²) in [7, 11) is 0. The van der Waals surface area contributed by atoms with E-state index in [2.05, 4.69) is 43.1 Å². The van der Waals surface area contributed by atoms with Gasteiger partial charge in [-0.15, -0.1) is 0 Å². The smallest absolute Gasteiger partial charge is 0.140 e. The van der Waals surface area contributed by atoms with E-state index in [4.69, 9.17) is 0 Å². The summed E-state index contributed by atoms with van der Waals surface area (Å²) in [5, 5.41) is 7.71. The number of aromatic nitrogens is 3. The Bertz CT molecular complexity index is 317. The molecule has 0 aromatic carbocycles. The lowest BCUT2D eigenvalue weighted by Gasteiger charge is -2.20. The Balaban J connectivity index is 2.37. The minimum absolute atomic E-state index is 0.120. The van der Waals surface area contributed by atoms with Crippen LogP contribution in [0.25, 0.3) is 0 Å². The van der Waals surface area contributed by atoms with Crippen molar-refractivity contribution in [3.8, 4) is 0 Å². The Kier molecular flexibility index (Phi) is 5.98. The highest BCUT2D eigenvalue weighted by molar-refractivity contribution is 7.99. The molecule has 1 aromatic heterocycles. The van der Waals surface area contributed by atoms with Crippen LogP contribution in [0, 0.1) is 0 Å². The fourth-order valence-electron chi connectivity index (χ4n) is 1.42. The number of rotatable bonds is 7. The van der Waals surface area contributed by atoms with Crippen molar-refractivity contribution in [2.24, 2.45) is 0 Å². The van der Waals surface area contributed by atoms with Crippen molar-refractivity contribution in [1.29, 1.82) is 0 Å². The molecule has 98 valence electrons. The van der Waals surface area contributed by atoms with Crippen molar-refractivity contribution in [2.75, 3.05) is 11.5 Å². The van der Waals surface area contributed by atoms with E-state index in [1.165, 1.54) is 11.5 Å². The number of nitrogens with zero attached hydrogens (tertiary/aromatic N) is 3. The van der Waals surface area contributed by atoms with Crippen LogP contribution in [0.2, 0.25) is 0 Å². The number of aryl methyl sites for hydroxylation is 1. The quantitative estimate of drug-likeness (QED) is 0.760. The minimum atomic E-state index is 0.120. The van der Waals surface area contributed by atoms with E-state index in [0.29, 0.717) is 0 Å². The minimum Gasteiger partial charge on any atom is -0.305 e. The predicted octanol–water partition coefficient (Wildman–Crippen LogP) is 2.31. The van der Waals surface area contributed by atoms with Gasteiger partial charge in [0.05, 0.1) is 6.54 Å². The summed E-state index contributed by atoms with van der Waals surface area (Å²) in [4.78, 5) is 4.30. The second kappa shape index (κ2) is 7.01. The monoisotopic (exact) mass is 256 g/mol. The molecule has 0 spiro atoms. The average Bonchev–Trinajstić information content (AvgIpc) is 2.68. The Morgan fingerprint density at radius 3 is 2.82 bits per heavy atom. The van der Waals surface area contributed by atoms with Gasteiger partial charge in [-0.3, -0.25) is 0 Å². The third-order valence-corrected chi connectivity index (χ3v) is 3.32. The van der Waals surface area contributed by atoms with Crippen LogP contribution in [0.3, 0.4) is 0 Å². The standard InChI is InChI=1S/C12H24N4S/c1-5-17-8-6-7-16-11(13-10-15-16)9-14-12(2,3)4/h10,14H,5-9H2,1-4H3. The largest absolute Gasteiger partial charge is 0.305 e. The Hall–Kier alpha value is -0.550. The second-order valence-electron chi connectivity index (χ2n) is 5.05. The maximum Gasteiger partial charge on any atom is 0.140 e. The van der Waals surface area contributed by atoms with Gasteiger partial charge in [0.1, 0.15) is 12.2 Å². The highest BCUT2D eigenvalue weighted by atomic mass is 32.2. The molecule has 1 N–H and O–H groups in total. The maximum absolute atomic E-state index is 4.30. The van der Waals surface area contributed by atoms with Gasteiger partial charge in [0, 0.05) is 12.1 Å². The molecule has 0 aliphatic carbocycles. The predicted molar refractivity (Wildman–Crippen MR) is 74.2 cm³/mol. The fourth-order valence-corrected chi connectivity index (χ4v) is 2.04. The highest BCUT2D eigenvalue weighted by Gasteiger charge is 2.11. The molecular weight excluding hydrogens is 232 g/mol. The molecule has 0 saturated carbocycles. The van der Waals surface area contributed by atoms with Gasteiger partial charge >= 0.3 is 0 Å². The average molecular weight is 256 g/mol. The van der Waals surface area contributed by atoms with E-state index in [-0.39, 0.29) is 5.54 Å². The van der Waals surface area contributed by atoms with Crippen molar-refractivity contribution < 1.29 is 0 Å². The van der Waals surface area contributed by atoms with Crippen molar-refractivity contribution in [3.63, 3.8) is 0 Å². The maximum atomic E-state index is 4.30. The Morgan fingerprint density at radius 2 is 2.18 bits per heavy atom. The van der Waals surface area contributed by atoms with Gasteiger partial charge in [-0.1, -0.05) is 6.92 Å². The molecule has 0 unspecified atom stereocenters. The molecule has 0 fully saturated rings. The molecule has 1 rings (SSSR count). The van der Waals surface area contributed by atoms with Gasteiger partial charge in [0.2, 0.25) is 0 Å². The first-order valence-electron chi connectivity index (χ1n) is 6.22. The van der Waals surface area contributed by atoms with E-state index >= 15 is 0 Å². The third-order valence-electron chi connectivity index (χ3n) is 2.34. The first-order valence-corrected chi connectivity index (χ1v) is 7.38. The van der Waals surface area contributed by atoms with Gasteiger partial charge in [-0.05, 0) is 38.7 Å². The van der Waals surface area contributed by atoms with Gasteiger partial charge in [-0.25, -0.2) is 9.67 Å². The van der Waals surface area contributed by atoms with Gasteiger partial charge in [0.15, 0.2) is 0 Å². The molecule has 0 atom stereocenters. The van der Waals surface area contributed by atoms with Gasteiger partial charge in [0.25, 0.3) is 0 Å². The molecule has 0 radical (unpaired) electrons. The summed E-state index contributed by atoms with van der Waals surface area (Å²) in [5.74, 6) is 3.42. The first-order chi connectivity index (χ1) is 8.03. The lowest BCUT2D eigenvalue weighted by atomic mass is 10.1. The van der Waals surface area contributed by atoms with E-state index in [1.54, 1.807) is 6.33 Å². The van der Waals surface area contributed by atoms with Crippen molar-refractivity contribution >= 4 is 11.8 Å². The summed E-state index contributed by atoms with van der Waals surface area (Å²) in [6.07, 6.45) is 2.80. The van der Waals surface area contributed by atoms with Crippen LogP contribution in [-0.2, 0) is 13.1 Å². The number of thioether (sulfide) groups is 1. The molecule has 1 heterocycles. The molecule has 0 amide bonds. The first kappa shape index (κ1) is 14.5. The zero-order valence-electron chi connectivity index (χ0n) is 11.4. The summed E-state index contributed by atoms with van der Waals surface area (Å²) >= 11 is 1.98. The topological polar surface area (TPSA) is 42.7 Å². The van der Waals surface area contributed by atoms with Crippen LogP contribution in [0.1, 0.15) is 39.9 Å². The number of nitrogens with one attached hydrogen (secondary N) is 1. The lowest BCUT2D eigenvalue weighted by molar-refractivity contribution is 0.407. The van der Waals surface area contributed by atoms with E-state index in [1.807, 2.05) is 16.4 Å². The second-order valence-corrected chi connectivity index (χ2v) is 6.45. The normalized spacial score (nSPS) is 12.0. The summed E-state index contributed by atoms with van der Waals surface area (Å²) in [6.45, 7) is 10.4. The molecule has 0 saturated heterocycles. The molecule has 17 heavy (non-hydrogen) atoms. The molecule has 0 aliphatic heterocycles.